The molecule has 1 rings (SSSR count). The van der Waals surface area contributed by atoms with Crippen LogP contribution in [0.3, 0.4) is 0 Å². The van der Waals surface area contributed by atoms with Crippen molar-refractivity contribution in [1.29, 1.82) is 0 Å². The summed E-state index contributed by atoms with van der Waals surface area (Å²) in [6, 6.07) is 3.94. The minimum atomic E-state index is -0.870. The van der Waals surface area contributed by atoms with E-state index in [1.165, 1.54) is 18.2 Å². The molecule has 1 aromatic rings. The number of benzene rings is 1. The molecule has 9 nitrogen and oxygen atoms in total. The molecule has 0 saturated carbocycles. The van der Waals surface area contributed by atoms with Crippen LogP contribution in [0, 0.1) is 0 Å². The summed E-state index contributed by atoms with van der Waals surface area (Å²) < 4.78 is 32.3. The Hall–Kier alpha value is -2.49. The molecular weight excluding hydrogens is 444 g/mol. The molecular formula is C25H38O9. The standard InChI is InChI=1S/C25H38O9/c1-14(2)30-17(7)13-29-24(27)21-11-10-20(23(26)33-18(8)31-15(3)4)12-22(21)25(28)34-19(9)32-16(5)6/h10-12,14-19H,13H2,1-9H3. The van der Waals surface area contributed by atoms with Gasteiger partial charge in [0.25, 0.3) is 0 Å². The molecule has 0 aliphatic heterocycles. The van der Waals surface area contributed by atoms with Crippen LogP contribution in [-0.2, 0) is 28.4 Å². The molecule has 0 bridgehead atoms. The number of rotatable bonds is 13. The SMILES string of the molecule is CC(C)OC(C)COC(=O)c1ccc(C(=O)OC(C)OC(C)C)cc1C(=O)OC(C)OC(C)C. The number of carbonyl (C=O) groups is 3. The van der Waals surface area contributed by atoms with E-state index in [-0.39, 0.29) is 47.7 Å². The molecule has 0 N–H and O–H groups in total. The fraction of sp³-hybridized carbons (Fsp3) is 0.640. The molecule has 0 amide bonds. The van der Waals surface area contributed by atoms with Crippen LogP contribution in [0.2, 0.25) is 0 Å². The average molecular weight is 483 g/mol. The van der Waals surface area contributed by atoms with Gasteiger partial charge in [-0.25, -0.2) is 14.4 Å². The molecule has 1 aromatic carbocycles. The van der Waals surface area contributed by atoms with Crippen molar-refractivity contribution in [3.05, 3.63) is 34.9 Å². The minimum Gasteiger partial charge on any atom is -0.459 e. The highest BCUT2D eigenvalue weighted by Crippen LogP contribution is 2.18. The van der Waals surface area contributed by atoms with Crippen LogP contribution in [0.1, 0.15) is 93.4 Å². The van der Waals surface area contributed by atoms with E-state index in [9.17, 15) is 14.4 Å². The van der Waals surface area contributed by atoms with E-state index in [1.807, 2.05) is 27.7 Å². The third kappa shape index (κ3) is 10.6. The summed E-state index contributed by atoms with van der Waals surface area (Å²) in [7, 11) is 0. The summed E-state index contributed by atoms with van der Waals surface area (Å²) in [5.41, 5.74) is -0.147. The topological polar surface area (TPSA) is 107 Å². The van der Waals surface area contributed by atoms with Crippen molar-refractivity contribution in [2.24, 2.45) is 0 Å². The summed E-state index contributed by atoms with van der Waals surface area (Å²) in [6.07, 6.45) is -2.36. The van der Waals surface area contributed by atoms with Crippen molar-refractivity contribution in [3.8, 4) is 0 Å². The van der Waals surface area contributed by atoms with Crippen LogP contribution >= 0.6 is 0 Å². The third-order valence-corrected chi connectivity index (χ3v) is 4.12. The molecule has 192 valence electrons. The minimum absolute atomic E-state index is 0.00773. The molecule has 0 spiro atoms. The lowest BCUT2D eigenvalue weighted by Gasteiger charge is -2.19. The van der Waals surface area contributed by atoms with E-state index < -0.39 is 30.5 Å². The van der Waals surface area contributed by atoms with Gasteiger partial charge in [0.2, 0.25) is 12.6 Å². The van der Waals surface area contributed by atoms with Crippen LogP contribution in [0.15, 0.2) is 18.2 Å². The monoisotopic (exact) mass is 482 g/mol. The van der Waals surface area contributed by atoms with E-state index >= 15 is 0 Å². The lowest BCUT2D eigenvalue weighted by Crippen LogP contribution is -2.25. The van der Waals surface area contributed by atoms with E-state index in [4.69, 9.17) is 28.4 Å². The first-order valence-corrected chi connectivity index (χ1v) is 11.5. The fourth-order valence-corrected chi connectivity index (χ4v) is 3.05. The maximum absolute atomic E-state index is 12.9. The Bertz CT molecular complexity index is 817. The van der Waals surface area contributed by atoms with Crippen molar-refractivity contribution in [1.82, 2.24) is 0 Å². The zero-order valence-corrected chi connectivity index (χ0v) is 21.6. The fourth-order valence-electron chi connectivity index (χ4n) is 3.05. The van der Waals surface area contributed by atoms with Gasteiger partial charge in [-0.1, -0.05) is 0 Å². The van der Waals surface area contributed by atoms with Crippen LogP contribution in [0.4, 0.5) is 0 Å². The maximum atomic E-state index is 12.9. The van der Waals surface area contributed by atoms with E-state index in [0.717, 1.165) is 0 Å². The summed E-state index contributed by atoms with van der Waals surface area (Å²) in [5, 5.41) is 0. The van der Waals surface area contributed by atoms with Crippen LogP contribution in [0.25, 0.3) is 0 Å². The number of hydrogen-bond donors (Lipinski definition) is 0. The number of carbonyl (C=O) groups excluding carboxylic acids is 3. The van der Waals surface area contributed by atoms with Crippen molar-refractivity contribution < 1.29 is 42.8 Å². The molecule has 0 heterocycles. The normalized spacial score (nSPS) is 14.1. The number of ether oxygens (including phenoxy) is 6. The molecule has 0 aliphatic carbocycles. The van der Waals surface area contributed by atoms with Gasteiger partial charge in [0.05, 0.1) is 41.1 Å². The predicted octanol–water partition coefficient (Wildman–Crippen LogP) is 4.51. The first-order chi connectivity index (χ1) is 15.8. The summed E-state index contributed by atoms with van der Waals surface area (Å²) in [5.74, 6) is -2.31. The van der Waals surface area contributed by atoms with Gasteiger partial charge in [-0.3, -0.25) is 0 Å². The predicted molar refractivity (Wildman–Crippen MR) is 125 cm³/mol. The molecule has 3 unspecified atom stereocenters. The molecule has 0 radical (unpaired) electrons. The summed E-state index contributed by atoms with van der Waals surface area (Å²) in [4.78, 5) is 38.2. The Morgan fingerprint density at radius 1 is 0.647 bits per heavy atom. The first kappa shape index (κ1) is 29.5. The smallest absolute Gasteiger partial charge is 0.341 e. The molecule has 34 heavy (non-hydrogen) atoms. The molecule has 0 saturated heterocycles. The Kier molecular flexibility index (Phi) is 12.2. The third-order valence-electron chi connectivity index (χ3n) is 4.12. The van der Waals surface area contributed by atoms with Gasteiger partial charge < -0.3 is 28.4 Å². The second kappa shape index (κ2) is 14.0. The van der Waals surface area contributed by atoms with Gasteiger partial charge in [-0.2, -0.15) is 0 Å². The van der Waals surface area contributed by atoms with Gasteiger partial charge in [-0.15, -0.1) is 0 Å². The number of hydrogen-bond acceptors (Lipinski definition) is 9. The second-order valence-corrected chi connectivity index (χ2v) is 8.67. The van der Waals surface area contributed by atoms with Crippen molar-refractivity contribution in [2.75, 3.05) is 6.61 Å². The van der Waals surface area contributed by atoms with Crippen LogP contribution in [-0.4, -0.2) is 61.5 Å². The maximum Gasteiger partial charge on any atom is 0.341 e. The number of esters is 3. The molecule has 0 fully saturated rings. The lowest BCUT2D eigenvalue weighted by atomic mass is 10.0. The van der Waals surface area contributed by atoms with Crippen molar-refractivity contribution in [3.63, 3.8) is 0 Å². The molecule has 9 heteroatoms. The Labute approximate surface area is 202 Å². The Balaban J connectivity index is 3.14. The lowest BCUT2D eigenvalue weighted by molar-refractivity contribution is -0.121. The summed E-state index contributed by atoms with van der Waals surface area (Å²) >= 11 is 0. The first-order valence-electron chi connectivity index (χ1n) is 11.5. The molecule has 0 aliphatic rings. The zero-order chi connectivity index (χ0) is 26.0. The highest BCUT2D eigenvalue weighted by molar-refractivity contribution is 6.05. The van der Waals surface area contributed by atoms with Gasteiger partial charge in [-0.05, 0) is 80.5 Å². The summed E-state index contributed by atoms with van der Waals surface area (Å²) in [6.45, 7) is 15.9. The zero-order valence-electron chi connectivity index (χ0n) is 21.6. The largest absolute Gasteiger partial charge is 0.459 e. The van der Waals surface area contributed by atoms with Gasteiger partial charge in [0.1, 0.15) is 6.61 Å². The van der Waals surface area contributed by atoms with Crippen molar-refractivity contribution in [2.45, 2.75) is 99.3 Å². The van der Waals surface area contributed by atoms with Crippen LogP contribution in [0.5, 0.6) is 0 Å². The molecule has 0 aromatic heterocycles. The van der Waals surface area contributed by atoms with Gasteiger partial charge in [0, 0.05) is 0 Å². The highest BCUT2D eigenvalue weighted by atomic mass is 16.7. The Morgan fingerprint density at radius 3 is 1.65 bits per heavy atom. The van der Waals surface area contributed by atoms with E-state index in [2.05, 4.69) is 0 Å². The van der Waals surface area contributed by atoms with Crippen LogP contribution < -0.4 is 0 Å². The Morgan fingerprint density at radius 2 is 1.15 bits per heavy atom. The quantitative estimate of drug-likeness (QED) is 0.228. The van der Waals surface area contributed by atoms with Crippen molar-refractivity contribution >= 4 is 17.9 Å². The second-order valence-electron chi connectivity index (χ2n) is 8.67. The van der Waals surface area contributed by atoms with E-state index in [1.54, 1.807) is 34.6 Å². The highest BCUT2D eigenvalue weighted by Gasteiger charge is 2.25. The van der Waals surface area contributed by atoms with E-state index in [0.29, 0.717) is 0 Å². The van der Waals surface area contributed by atoms with Gasteiger partial charge >= 0.3 is 17.9 Å². The average Bonchev–Trinajstić information content (AvgIpc) is 2.69. The van der Waals surface area contributed by atoms with Gasteiger partial charge in [0.15, 0.2) is 0 Å². The molecule has 3 atom stereocenters.